The first-order chi connectivity index (χ1) is 5.93. The van der Waals surface area contributed by atoms with Crippen LogP contribution in [0.5, 0.6) is 0 Å². The third-order valence-electron chi connectivity index (χ3n) is 2.59. The molecule has 2 heterocycles. The zero-order valence-electron chi connectivity index (χ0n) is 6.86. The van der Waals surface area contributed by atoms with E-state index in [4.69, 9.17) is 0 Å². The van der Waals surface area contributed by atoms with Crippen LogP contribution in [0.25, 0.3) is 0 Å². The van der Waals surface area contributed by atoms with Crippen molar-refractivity contribution in [2.24, 2.45) is 0 Å². The molecule has 1 atom stereocenters. The van der Waals surface area contributed by atoms with Crippen LogP contribution in [0.15, 0.2) is 24.3 Å². The van der Waals surface area contributed by atoms with Crippen LogP contribution in [0.3, 0.4) is 0 Å². The number of hydrogen-bond donors (Lipinski definition) is 0. The molecule has 0 radical (unpaired) electrons. The van der Waals surface area contributed by atoms with Crippen molar-refractivity contribution in [2.75, 3.05) is 5.75 Å². The molecule has 0 saturated carbocycles. The van der Waals surface area contributed by atoms with Crippen LogP contribution < -0.4 is 0 Å². The highest BCUT2D eigenvalue weighted by Crippen LogP contribution is 2.38. The molecule has 3 rings (SSSR count). The van der Waals surface area contributed by atoms with Crippen LogP contribution in [0.4, 0.5) is 0 Å². The third-order valence-corrected chi connectivity index (χ3v) is 3.52. The molecule has 2 aliphatic rings. The van der Waals surface area contributed by atoms with E-state index in [9.17, 15) is 0 Å². The van der Waals surface area contributed by atoms with Crippen molar-refractivity contribution in [2.45, 2.75) is 18.5 Å². The smallest absolute Gasteiger partial charge is 0.0656 e. The number of hydrogen-bond acceptors (Lipinski definition) is 2. The molecule has 12 heavy (non-hydrogen) atoms. The minimum absolute atomic E-state index is 0.831. The van der Waals surface area contributed by atoms with Gasteiger partial charge in [0.05, 0.1) is 5.37 Å². The van der Waals surface area contributed by atoms with Crippen LogP contribution >= 0.6 is 11.8 Å². The number of nitrogens with zero attached hydrogens (tertiary/aromatic N) is 1. The summed E-state index contributed by atoms with van der Waals surface area (Å²) in [6, 6.07) is 8.79. The standard InChI is InChI=1S/C10H11NS/c1-2-4-9-6-11(10-7-12-10)5-8(9)3-1/h1-4,10H,5-7H2. The van der Waals surface area contributed by atoms with Gasteiger partial charge < -0.3 is 0 Å². The van der Waals surface area contributed by atoms with Crippen LogP contribution in [0.1, 0.15) is 11.1 Å². The molecule has 1 nitrogen and oxygen atoms in total. The van der Waals surface area contributed by atoms with Gasteiger partial charge in [-0.05, 0) is 11.1 Å². The average molecular weight is 177 g/mol. The number of fused-ring (bicyclic) bond motifs is 1. The Labute approximate surface area is 76.8 Å². The molecule has 2 heteroatoms. The topological polar surface area (TPSA) is 3.24 Å². The van der Waals surface area contributed by atoms with Crippen LogP contribution in [0, 0.1) is 0 Å². The predicted octanol–water partition coefficient (Wildman–Crippen LogP) is 2.08. The van der Waals surface area contributed by atoms with Gasteiger partial charge >= 0.3 is 0 Å². The van der Waals surface area contributed by atoms with Crippen molar-refractivity contribution in [3.05, 3.63) is 35.4 Å². The van der Waals surface area contributed by atoms with Crippen molar-refractivity contribution >= 4 is 11.8 Å². The summed E-state index contributed by atoms with van der Waals surface area (Å²) in [6.07, 6.45) is 0. The third kappa shape index (κ3) is 1.06. The molecule has 62 valence electrons. The Kier molecular flexibility index (Phi) is 1.46. The van der Waals surface area contributed by atoms with Crippen molar-refractivity contribution in [3.63, 3.8) is 0 Å². The Bertz CT molecular complexity index is 281. The van der Waals surface area contributed by atoms with Gasteiger partial charge in [0.2, 0.25) is 0 Å². The molecule has 0 N–H and O–H groups in total. The summed E-state index contributed by atoms with van der Waals surface area (Å²) in [5.41, 5.74) is 3.06. The molecular formula is C10H11NS. The van der Waals surface area contributed by atoms with E-state index in [0.717, 1.165) is 5.37 Å². The number of benzene rings is 1. The van der Waals surface area contributed by atoms with E-state index < -0.39 is 0 Å². The summed E-state index contributed by atoms with van der Waals surface area (Å²) in [5, 5.41) is 0.831. The fraction of sp³-hybridized carbons (Fsp3) is 0.400. The molecule has 1 aromatic carbocycles. The van der Waals surface area contributed by atoms with Gasteiger partial charge in [-0.15, -0.1) is 11.8 Å². The van der Waals surface area contributed by atoms with Gasteiger partial charge in [0, 0.05) is 18.8 Å². The highest BCUT2D eigenvalue weighted by molar-refractivity contribution is 8.06. The van der Waals surface area contributed by atoms with E-state index in [2.05, 4.69) is 40.9 Å². The van der Waals surface area contributed by atoms with Crippen LogP contribution in [0.2, 0.25) is 0 Å². The molecule has 0 amide bonds. The molecule has 0 aromatic heterocycles. The van der Waals surface area contributed by atoms with E-state index in [1.165, 1.54) is 30.0 Å². The second-order valence-corrected chi connectivity index (χ2v) is 4.67. The predicted molar refractivity (Wildman–Crippen MR) is 51.9 cm³/mol. The fourth-order valence-electron chi connectivity index (χ4n) is 1.82. The lowest BCUT2D eigenvalue weighted by atomic mass is 10.1. The second kappa shape index (κ2) is 2.51. The van der Waals surface area contributed by atoms with Gasteiger partial charge in [-0.25, -0.2) is 0 Å². The Morgan fingerprint density at radius 1 is 1.17 bits per heavy atom. The van der Waals surface area contributed by atoms with E-state index in [1.54, 1.807) is 0 Å². The zero-order chi connectivity index (χ0) is 7.97. The average Bonchev–Trinajstić information content (AvgIpc) is 2.85. The highest BCUT2D eigenvalue weighted by Gasteiger charge is 2.33. The lowest BCUT2D eigenvalue weighted by Crippen LogP contribution is -2.18. The molecule has 1 unspecified atom stereocenters. The fourth-order valence-corrected chi connectivity index (χ4v) is 2.47. The van der Waals surface area contributed by atoms with Crippen molar-refractivity contribution < 1.29 is 0 Å². The minimum atomic E-state index is 0.831. The quantitative estimate of drug-likeness (QED) is 0.604. The van der Waals surface area contributed by atoms with Gasteiger partial charge in [-0.3, -0.25) is 4.90 Å². The van der Waals surface area contributed by atoms with Gasteiger partial charge in [0.15, 0.2) is 0 Å². The molecule has 1 saturated heterocycles. The molecule has 0 aliphatic carbocycles. The maximum Gasteiger partial charge on any atom is 0.0656 e. The number of rotatable bonds is 1. The first-order valence-electron chi connectivity index (χ1n) is 4.36. The lowest BCUT2D eigenvalue weighted by Gasteiger charge is -2.10. The van der Waals surface area contributed by atoms with Gasteiger partial charge in [-0.2, -0.15) is 0 Å². The molecule has 1 fully saturated rings. The Morgan fingerprint density at radius 2 is 1.75 bits per heavy atom. The Hall–Kier alpha value is -0.470. The first-order valence-corrected chi connectivity index (χ1v) is 5.41. The lowest BCUT2D eigenvalue weighted by molar-refractivity contribution is 0.297. The normalized spacial score (nSPS) is 27.2. The molecule has 0 spiro atoms. The maximum atomic E-state index is 2.56. The monoisotopic (exact) mass is 177 g/mol. The van der Waals surface area contributed by atoms with Crippen molar-refractivity contribution in [1.82, 2.24) is 4.90 Å². The van der Waals surface area contributed by atoms with E-state index in [0.29, 0.717) is 0 Å². The largest absolute Gasteiger partial charge is 0.282 e. The Morgan fingerprint density at radius 3 is 2.25 bits per heavy atom. The summed E-state index contributed by atoms with van der Waals surface area (Å²) in [6.45, 7) is 2.35. The summed E-state index contributed by atoms with van der Waals surface area (Å²) < 4.78 is 0. The van der Waals surface area contributed by atoms with Gasteiger partial charge in [0.1, 0.15) is 0 Å². The molecular weight excluding hydrogens is 166 g/mol. The van der Waals surface area contributed by atoms with E-state index in [1.807, 2.05) is 0 Å². The summed E-state index contributed by atoms with van der Waals surface area (Å²) in [5.74, 6) is 1.34. The maximum absolute atomic E-state index is 2.56. The summed E-state index contributed by atoms with van der Waals surface area (Å²) >= 11 is 2.06. The molecule has 1 aromatic rings. The molecule has 0 bridgehead atoms. The number of thioether (sulfide) groups is 1. The SMILES string of the molecule is c1ccc2c(c1)CN(C1CS1)C2. The van der Waals surface area contributed by atoms with E-state index >= 15 is 0 Å². The van der Waals surface area contributed by atoms with Crippen molar-refractivity contribution in [3.8, 4) is 0 Å². The highest BCUT2D eigenvalue weighted by atomic mass is 32.2. The van der Waals surface area contributed by atoms with E-state index in [-0.39, 0.29) is 0 Å². The van der Waals surface area contributed by atoms with Crippen LogP contribution in [-0.4, -0.2) is 16.0 Å². The van der Waals surface area contributed by atoms with Crippen molar-refractivity contribution in [1.29, 1.82) is 0 Å². The first kappa shape index (κ1) is 6.98. The van der Waals surface area contributed by atoms with Gasteiger partial charge in [0.25, 0.3) is 0 Å². The van der Waals surface area contributed by atoms with Crippen LogP contribution in [-0.2, 0) is 13.1 Å². The molecule has 2 aliphatic heterocycles. The Balaban J connectivity index is 1.89. The summed E-state index contributed by atoms with van der Waals surface area (Å²) in [7, 11) is 0. The second-order valence-electron chi connectivity index (χ2n) is 3.46. The summed E-state index contributed by atoms with van der Waals surface area (Å²) in [4.78, 5) is 2.56. The van der Waals surface area contributed by atoms with Gasteiger partial charge in [-0.1, -0.05) is 24.3 Å². The minimum Gasteiger partial charge on any atom is -0.282 e. The zero-order valence-corrected chi connectivity index (χ0v) is 7.68.